The summed E-state index contributed by atoms with van der Waals surface area (Å²) in [4.78, 5) is 31.0. The number of nitrogens with zero attached hydrogens (tertiary/aromatic N) is 2. The van der Waals surface area contributed by atoms with E-state index < -0.39 is 11.9 Å². The van der Waals surface area contributed by atoms with Gasteiger partial charge in [-0.15, -0.1) is 0 Å². The number of H-pyrrole nitrogens is 1. The number of methoxy groups -OCH3 is 1. The van der Waals surface area contributed by atoms with Crippen molar-refractivity contribution in [1.82, 2.24) is 9.97 Å². The van der Waals surface area contributed by atoms with Gasteiger partial charge in [-0.3, -0.25) is 14.6 Å². The van der Waals surface area contributed by atoms with Crippen LogP contribution in [0.4, 0.5) is 5.95 Å². The van der Waals surface area contributed by atoms with Crippen molar-refractivity contribution in [2.75, 3.05) is 25.1 Å². The summed E-state index contributed by atoms with van der Waals surface area (Å²) in [5.41, 5.74) is 0.279. The smallest absolute Gasteiger partial charge is 0.308 e. The standard InChI is InChI=1S/C11H15N3O4/c1-18-6-8-4-9(15)13-11(12-8)14-3-2-7(5-14)10(16)17/h4,7H,2-3,5-6H2,1H3,(H,16,17)(H,12,13,15)/t7-/m0/s1. The molecule has 0 unspecified atom stereocenters. The Hall–Kier alpha value is -1.89. The minimum absolute atomic E-state index is 0.257. The third-order valence-corrected chi connectivity index (χ3v) is 2.91. The molecule has 1 aromatic heterocycles. The molecule has 0 spiro atoms. The largest absolute Gasteiger partial charge is 0.481 e. The van der Waals surface area contributed by atoms with Gasteiger partial charge < -0.3 is 14.7 Å². The molecule has 1 aliphatic rings. The molecule has 2 heterocycles. The second kappa shape index (κ2) is 5.18. The first-order valence-corrected chi connectivity index (χ1v) is 5.67. The number of rotatable bonds is 4. The first-order valence-electron chi connectivity index (χ1n) is 5.67. The summed E-state index contributed by atoms with van der Waals surface area (Å²) < 4.78 is 4.93. The van der Waals surface area contributed by atoms with Gasteiger partial charge in [0.15, 0.2) is 0 Å². The number of carboxylic acids is 1. The van der Waals surface area contributed by atoms with E-state index in [-0.39, 0.29) is 12.2 Å². The number of aromatic nitrogens is 2. The third-order valence-electron chi connectivity index (χ3n) is 2.91. The molecule has 0 radical (unpaired) electrons. The normalized spacial score (nSPS) is 19.2. The number of anilines is 1. The lowest BCUT2D eigenvalue weighted by atomic mass is 10.1. The Kier molecular flexibility index (Phi) is 3.61. The van der Waals surface area contributed by atoms with E-state index in [4.69, 9.17) is 9.84 Å². The van der Waals surface area contributed by atoms with Crippen LogP contribution in [0.1, 0.15) is 12.1 Å². The van der Waals surface area contributed by atoms with Crippen LogP contribution in [-0.2, 0) is 16.1 Å². The van der Waals surface area contributed by atoms with Crippen molar-refractivity contribution in [3.8, 4) is 0 Å². The Bertz CT molecular complexity index is 499. The van der Waals surface area contributed by atoms with E-state index in [1.165, 1.54) is 13.2 Å². The summed E-state index contributed by atoms with van der Waals surface area (Å²) in [6, 6.07) is 1.37. The van der Waals surface area contributed by atoms with Gasteiger partial charge in [0.05, 0.1) is 18.2 Å². The van der Waals surface area contributed by atoms with E-state index in [0.29, 0.717) is 31.2 Å². The number of carbonyl (C=O) groups is 1. The van der Waals surface area contributed by atoms with Gasteiger partial charge in [-0.2, -0.15) is 0 Å². The Labute approximate surface area is 103 Å². The highest BCUT2D eigenvalue weighted by molar-refractivity contribution is 5.71. The van der Waals surface area contributed by atoms with Gasteiger partial charge in [0, 0.05) is 26.3 Å². The maximum absolute atomic E-state index is 11.5. The summed E-state index contributed by atoms with van der Waals surface area (Å²) >= 11 is 0. The topological polar surface area (TPSA) is 95.5 Å². The van der Waals surface area contributed by atoms with Crippen LogP contribution < -0.4 is 10.5 Å². The van der Waals surface area contributed by atoms with E-state index in [1.807, 2.05) is 0 Å². The molecule has 0 bridgehead atoms. The first kappa shape index (κ1) is 12.6. The number of aromatic amines is 1. The van der Waals surface area contributed by atoms with E-state index in [2.05, 4.69) is 9.97 Å². The van der Waals surface area contributed by atoms with Crippen molar-refractivity contribution in [2.45, 2.75) is 13.0 Å². The van der Waals surface area contributed by atoms with Crippen LogP contribution in [0.5, 0.6) is 0 Å². The predicted molar refractivity (Wildman–Crippen MR) is 63.5 cm³/mol. The Balaban J connectivity index is 2.19. The minimum Gasteiger partial charge on any atom is -0.481 e. The molecule has 0 saturated carbocycles. The van der Waals surface area contributed by atoms with Gasteiger partial charge in [0.2, 0.25) is 5.95 Å². The van der Waals surface area contributed by atoms with Crippen molar-refractivity contribution in [2.24, 2.45) is 5.92 Å². The SMILES string of the molecule is COCc1cc(=O)[nH]c(N2CC[C@H](C(=O)O)C2)n1. The Morgan fingerprint density at radius 3 is 3.11 bits per heavy atom. The minimum atomic E-state index is -0.812. The van der Waals surface area contributed by atoms with Crippen LogP contribution in [0.3, 0.4) is 0 Å². The average molecular weight is 253 g/mol. The zero-order valence-corrected chi connectivity index (χ0v) is 10.0. The first-order chi connectivity index (χ1) is 8.60. The number of nitrogens with one attached hydrogen (secondary N) is 1. The highest BCUT2D eigenvalue weighted by atomic mass is 16.5. The van der Waals surface area contributed by atoms with Gasteiger partial charge in [0.25, 0.3) is 5.56 Å². The second-order valence-electron chi connectivity index (χ2n) is 4.26. The molecule has 0 aromatic carbocycles. The average Bonchev–Trinajstić information content (AvgIpc) is 2.78. The van der Waals surface area contributed by atoms with E-state index in [1.54, 1.807) is 4.90 Å². The molecule has 1 aromatic rings. The molecule has 98 valence electrons. The van der Waals surface area contributed by atoms with Gasteiger partial charge in [0.1, 0.15) is 0 Å². The molecule has 0 amide bonds. The van der Waals surface area contributed by atoms with Crippen molar-refractivity contribution in [3.05, 3.63) is 22.1 Å². The Morgan fingerprint density at radius 2 is 2.50 bits per heavy atom. The monoisotopic (exact) mass is 253 g/mol. The van der Waals surface area contributed by atoms with Crippen molar-refractivity contribution < 1.29 is 14.6 Å². The molecule has 7 heteroatoms. The molecule has 1 aliphatic heterocycles. The number of hydrogen-bond acceptors (Lipinski definition) is 5. The molecular formula is C11H15N3O4. The van der Waals surface area contributed by atoms with Gasteiger partial charge in [-0.05, 0) is 6.42 Å². The van der Waals surface area contributed by atoms with Crippen LogP contribution in [0.15, 0.2) is 10.9 Å². The van der Waals surface area contributed by atoms with Crippen molar-refractivity contribution >= 4 is 11.9 Å². The van der Waals surface area contributed by atoms with E-state index >= 15 is 0 Å². The van der Waals surface area contributed by atoms with Gasteiger partial charge >= 0.3 is 5.97 Å². The number of carboxylic acid groups (broad SMARTS) is 1. The van der Waals surface area contributed by atoms with Crippen molar-refractivity contribution in [1.29, 1.82) is 0 Å². The van der Waals surface area contributed by atoms with Crippen molar-refractivity contribution in [3.63, 3.8) is 0 Å². The Morgan fingerprint density at radius 1 is 1.72 bits per heavy atom. The lowest BCUT2D eigenvalue weighted by molar-refractivity contribution is -0.140. The van der Waals surface area contributed by atoms with Crippen LogP contribution >= 0.6 is 0 Å². The lowest BCUT2D eigenvalue weighted by Gasteiger charge is -2.16. The molecule has 18 heavy (non-hydrogen) atoms. The summed E-state index contributed by atoms with van der Waals surface area (Å²) in [5, 5.41) is 8.93. The third kappa shape index (κ3) is 2.67. The van der Waals surface area contributed by atoms with Crippen LogP contribution in [0, 0.1) is 5.92 Å². The number of aliphatic carboxylic acids is 1. The fraction of sp³-hybridized carbons (Fsp3) is 0.545. The highest BCUT2D eigenvalue weighted by Crippen LogP contribution is 2.20. The van der Waals surface area contributed by atoms with Crippen LogP contribution in [0.2, 0.25) is 0 Å². The van der Waals surface area contributed by atoms with E-state index in [0.717, 1.165) is 0 Å². The van der Waals surface area contributed by atoms with Crippen LogP contribution in [-0.4, -0.2) is 41.2 Å². The molecule has 2 N–H and O–H groups in total. The fourth-order valence-electron chi connectivity index (χ4n) is 2.02. The van der Waals surface area contributed by atoms with Gasteiger partial charge in [-0.25, -0.2) is 4.98 Å². The molecule has 7 nitrogen and oxygen atoms in total. The highest BCUT2D eigenvalue weighted by Gasteiger charge is 2.29. The zero-order valence-electron chi connectivity index (χ0n) is 10.0. The summed E-state index contributed by atoms with van der Waals surface area (Å²) in [6.07, 6.45) is 0.563. The fourth-order valence-corrected chi connectivity index (χ4v) is 2.02. The molecule has 0 aliphatic carbocycles. The maximum atomic E-state index is 11.5. The number of hydrogen-bond donors (Lipinski definition) is 2. The lowest BCUT2D eigenvalue weighted by Crippen LogP contribution is -2.27. The van der Waals surface area contributed by atoms with E-state index in [9.17, 15) is 9.59 Å². The molecule has 1 atom stereocenters. The summed E-state index contributed by atoms with van der Waals surface area (Å²) in [6.45, 7) is 1.21. The summed E-state index contributed by atoms with van der Waals surface area (Å²) in [5.74, 6) is -0.799. The number of ether oxygens (including phenoxy) is 1. The van der Waals surface area contributed by atoms with Crippen LogP contribution in [0.25, 0.3) is 0 Å². The second-order valence-corrected chi connectivity index (χ2v) is 4.26. The predicted octanol–water partition coefficient (Wildman–Crippen LogP) is -0.173. The molecule has 1 saturated heterocycles. The zero-order chi connectivity index (χ0) is 13.1. The molecular weight excluding hydrogens is 238 g/mol. The molecule has 2 rings (SSSR count). The van der Waals surface area contributed by atoms with Gasteiger partial charge in [-0.1, -0.05) is 0 Å². The maximum Gasteiger partial charge on any atom is 0.308 e. The molecule has 1 fully saturated rings. The quantitative estimate of drug-likeness (QED) is 0.773. The summed E-state index contributed by atoms with van der Waals surface area (Å²) in [7, 11) is 1.53.